The number of imidazole rings is 1. The summed E-state index contributed by atoms with van der Waals surface area (Å²) < 4.78 is 8.29. The number of benzene rings is 3. The first-order valence-corrected chi connectivity index (χ1v) is 13.1. The van der Waals surface area contributed by atoms with E-state index < -0.39 is 0 Å². The molecule has 0 aliphatic carbocycles. The number of hydrogen-bond donors (Lipinski definition) is 1. The van der Waals surface area contributed by atoms with E-state index in [1.807, 2.05) is 36.4 Å². The van der Waals surface area contributed by atoms with Gasteiger partial charge in [0.05, 0.1) is 24.0 Å². The smallest absolute Gasteiger partial charge is 0.224 e. The molecule has 1 N–H and O–H groups in total. The molecule has 1 heterocycles. The second kappa shape index (κ2) is 12.6. The summed E-state index contributed by atoms with van der Waals surface area (Å²) in [6, 6.07) is 24.0. The van der Waals surface area contributed by atoms with Crippen molar-refractivity contribution < 1.29 is 9.53 Å². The van der Waals surface area contributed by atoms with Crippen LogP contribution in [0.15, 0.2) is 72.8 Å². The monoisotopic (exact) mass is 503 g/mol. The Morgan fingerprint density at radius 2 is 1.81 bits per heavy atom. The van der Waals surface area contributed by atoms with Crippen LogP contribution in [0.4, 0.5) is 0 Å². The van der Waals surface area contributed by atoms with Gasteiger partial charge in [-0.05, 0) is 60.2 Å². The molecule has 0 saturated heterocycles. The molecular formula is C30H34ClN3O2. The van der Waals surface area contributed by atoms with Crippen LogP contribution in [-0.4, -0.2) is 28.6 Å². The molecule has 4 rings (SSSR count). The molecule has 1 atom stereocenters. The molecule has 0 saturated carbocycles. The number of nitrogens with zero attached hydrogens (tertiary/aromatic N) is 2. The minimum atomic E-state index is -0.0237. The first-order chi connectivity index (χ1) is 17.5. The standard InChI is InChI=1S/C30H34ClN3O2/c1-3-22(2)23-14-16-25(17-15-23)36-20-19-34-28-12-7-6-11-27(28)33-29(34)13-8-18-32-30(35)21-24-9-4-5-10-26(24)31/h4-7,9-12,14-17,22H,3,8,13,18-21H2,1-2H3,(H,32,35). The fourth-order valence-corrected chi connectivity index (χ4v) is 4.50. The minimum absolute atomic E-state index is 0.0237. The van der Waals surface area contributed by atoms with Crippen LogP contribution in [-0.2, 0) is 24.2 Å². The Balaban J connectivity index is 1.31. The van der Waals surface area contributed by atoms with Crippen molar-refractivity contribution in [1.29, 1.82) is 0 Å². The molecular weight excluding hydrogens is 470 g/mol. The summed E-state index contributed by atoms with van der Waals surface area (Å²) in [5.41, 5.74) is 4.26. The highest BCUT2D eigenvalue weighted by Gasteiger charge is 2.12. The second-order valence-electron chi connectivity index (χ2n) is 9.12. The Bertz CT molecular complexity index is 1280. The van der Waals surface area contributed by atoms with E-state index in [0.717, 1.165) is 47.4 Å². The molecule has 5 nitrogen and oxygen atoms in total. The van der Waals surface area contributed by atoms with Crippen molar-refractivity contribution in [2.24, 2.45) is 0 Å². The number of ether oxygens (including phenoxy) is 1. The van der Waals surface area contributed by atoms with Gasteiger partial charge in [0.15, 0.2) is 0 Å². The molecule has 0 aliphatic heterocycles. The van der Waals surface area contributed by atoms with Gasteiger partial charge in [-0.2, -0.15) is 0 Å². The molecule has 6 heteroatoms. The first kappa shape index (κ1) is 25.8. The molecule has 0 radical (unpaired) electrons. The Labute approximate surface area is 218 Å². The van der Waals surface area contributed by atoms with Crippen molar-refractivity contribution in [2.75, 3.05) is 13.2 Å². The minimum Gasteiger partial charge on any atom is -0.492 e. The van der Waals surface area contributed by atoms with Crippen LogP contribution < -0.4 is 10.1 Å². The number of hydrogen-bond acceptors (Lipinski definition) is 3. The fourth-order valence-electron chi connectivity index (χ4n) is 4.30. The van der Waals surface area contributed by atoms with Gasteiger partial charge in [0.25, 0.3) is 0 Å². The normalized spacial score (nSPS) is 12.0. The summed E-state index contributed by atoms with van der Waals surface area (Å²) in [6.45, 7) is 6.31. The van der Waals surface area contributed by atoms with Gasteiger partial charge in [-0.15, -0.1) is 0 Å². The van der Waals surface area contributed by atoms with Gasteiger partial charge in [0.1, 0.15) is 18.2 Å². The summed E-state index contributed by atoms with van der Waals surface area (Å²) in [4.78, 5) is 17.2. The molecule has 1 unspecified atom stereocenters. The molecule has 0 bridgehead atoms. The first-order valence-electron chi connectivity index (χ1n) is 12.7. The maximum absolute atomic E-state index is 12.3. The van der Waals surface area contributed by atoms with E-state index in [2.05, 4.69) is 54.1 Å². The van der Waals surface area contributed by atoms with Crippen molar-refractivity contribution in [1.82, 2.24) is 14.9 Å². The highest BCUT2D eigenvalue weighted by Crippen LogP contribution is 2.22. The van der Waals surface area contributed by atoms with E-state index in [1.165, 1.54) is 5.56 Å². The fraction of sp³-hybridized carbons (Fsp3) is 0.333. The van der Waals surface area contributed by atoms with Crippen LogP contribution in [0.25, 0.3) is 11.0 Å². The van der Waals surface area contributed by atoms with E-state index in [4.69, 9.17) is 21.3 Å². The lowest BCUT2D eigenvalue weighted by Crippen LogP contribution is -2.26. The van der Waals surface area contributed by atoms with Crippen molar-refractivity contribution in [2.45, 2.75) is 52.0 Å². The second-order valence-corrected chi connectivity index (χ2v) is 9.52. The average Bonchev–Trinajstić information content (AvgIpc) is 3.25. The summed E-state index contributed by atoms with van der Waals surface area (Å²) in [5.74, 6) is 2.42. The van der Waals surface area contributed by atoms with E-state index in [0.29, 0.717) is 30.6 Å². The predicted octanol–water partition coefficient (Wildman–Crippen LogP) is 6.57. The Hall–Kier alpha value is -3.31. The zero-order valence-corrected chi connectivity index (χ0v) is 21.8. The molecule has 36 heavy (non-hydrogen) atoms. The van der Waals surface area contributed by atoms with Gasteiger partial charge in [-0.25, -0.2) is 4.98 Å². The number of amides is 1. The Kier molecular flexibility index (Phi) is 9.01. The number of fused-ring (bicyclic) bond motifs is 1. The summed E-state index contributed by atoms with van der Waals surface area (Å²) >= 11 is 6.17. The molecule has 1 aromatic heterocycles. The van der Waals surface area contributed by atoms with Crippen LogP contribution in [0.1, 0.15) is 49.6 Å². The number of carbonyl (C=O) groups excluding carboxylic acids is 1. The highest BCUT2D eigenvalue weighted by molar-refractivity contribution is 6.31. The highest BCUT2D eigenvalue weighted by atomic mass is 35.5. The molecule has 0 aliphatic rings. The van der Waals surface area contributed by atoms with E-state index in [1.54, 1.807) is 6.07 Å². The summed E-state index contributed by atoms with van der Waals surface area (Å²) in [5, 5.41) is 3.62. The van der Waals surface area contributed by atoms with Gasteiger partial charge in [0.2, 0.25) is 5.91 Å². The van der Waals surface area contributed by atoms with E-state index >= 15 is 0 Å². The number of aryl methyl sites for hydroxylation is 1. The van der Waals surface area contributed by atoms with Crippen molar-refractivity contribution in [3.63, 3.8) is 0 Å². The third-order valence-corrected chi connectivity index (χ3v) is 6.96. The van der Waals surface area contributed by atoms with Gasteiger partial charge in [0, 0.05) is 18.0 Å². The van der Waals surface area contributed by atoms with Gasteiger partial charge < -0.3 is 14.6 Å². The Morgan fingerprint density at radius 3 is 2.58 bits per heavy atom. The van der Waals surface area contributed by atoms with Crippen LogP contribution in [0.3, 0.4) is 0 Å². The van der Waals surface area contributed by atoms with Gasteiger partial charge >= 0.3 is 0 Å². The van der Waals surface area contributed by atoms with Crippen LogP contribution in [0.5, 0.6) is 5.75 Å². The van der Waals surface area contributed by atoms with E-state index in [9.17, 15) is 4.79 Å². The van der Waals surface area contributed by atoms with Gasteiger partial charge in [-0.3, -0.25) is 4.79 Å². The molecule has 188 valence electrons. The topological polar surface area (TPSA) is 56.1 Å². The number of carbonyl (C=O) groups is 1. The van der Waals surface area contributed by atoms with E-state index in [-0.39, 0.29) is 12.3 Å². The number of para-hydroxylation sites is 2. The number of aromatic nitrogens is 2. The maximum atomic E-state index is 12.3. The zero-order chi connectivity index (χ0) is 25.3. The quantitative estimate of drug-likeness (QED) is 0.222. The zero-order valence-electron chi connectivity index (χ0n) is 21.0. The van der Waals surface area contributed by atoms with Crippen molar-refractivity contribution in [3.8, 4) is 5.75 Å². The summed E-state index contributed by atoms with van der Waals surface area (Å²) in [6.07, 6.45) is 2.98. The Morgan fingerprint density at radius 1 is 1.06 bits per heavy atom. The predicted molar refractivity (Wildman–Crippen MR) is 147 cm³/mol. The third kappa shape index (κ3) is 6.67. The van der Waals surface area contributed by atoms with Crippen molar-refractivity contribution >= 4 is 28.5 Å². The molecule has 0 fully saturated rings. The SMILES string of the molecule is CCC(C)c1ccc(OCCn2c(CCCNC(=O)Cc3ccccc3Cl)nc3ccccc32)cc1. The largest absolute Gasteiger partial charge is 0.492 e. The summed E-state index contributed by atoms with van der Waals surface area (Å²) in [7, 11) is 0. The van der Waals surface area contributed by atoms with Gasteiger partial charge in [-0.1, -0.05) is 67.9 Å². The van der Waals surface area contributed by atoms with Crippen LogP contribution >= 0.6 is 11.6 Å². The molecule has 3 aromatic carbocycles. The van der Waals surface area contributed by atoms with Crippen LogP contribution in [0.2, 0.25) is 5.02 Å². The maximum Gasteiger partial charge on any atom is 0.224 e. The molecule has 4 aromatic rings. The lowest BCUT2D eigenvalue weighted by molar-refractivity contribution is -0.120. The lowest BCUT2D eigenvalue weighted by atomic mass is 9.99. The van der Waals surface area contributed by atoms with Crippen molar-refractivity contribution in [3.05, 3.63) is 94.8 Å². The number of halogens is 1. The molecule has 1 amide bonds. The third-order valence-electron chi connectivity index (χ3n) is 6.59. The van der Waals surface area contributed by atoms with Crippen LogP contribution in [0, 0.1) is 0 Å². The average molecular weight is 504 g/mol. The lowest BCUT2D eigenvalue weighted by Gasteiger charge is -2.13. The number of nitrogens with one attached hydrogen (secondary N) is 1. The molecule has 0 spiro atoms. The number of rotatable bonds is 12.